The molecule has 3 aromatic rings. The van der Waals surface area contributed by atoms with E-state index in [1.807, 2.05) is 30.3 Å². The monoisotopic (exact) mass is 434 g/mol. The van der Waals surface area contributed by atoms with Crippen LogP contribution in [-0.4, -0.2) is 28.6 Å². The van der Waals surface area contributed by atoms with Crippen LogP contribution < -0.4 is 16.2 Å². The van der Waals surface area contributed by atoms with Crippen LogP contribution in [0.2, 0.25) is 5.02 Å². The van der Waals surface area contributed by atoms with Gasteiger partial charge in [-0.15, -0.1) is 0 Å². The lowest BCUT2D eigenvalue weighted by atomic mass is 9.98. The third kappa shape index (κ3) is 3.48. The molecule has 2 aromatic carbocycles. The summed E-state index contributed by atoms with van der Waals surface area (Å²) in [4.78, 5) is 25.7. The molecule has 1 saturated carbocycles. The highest BCUT2D eigenvalue weighted by atomic mass is 35.5. The molecule has 2 fully saturated rings. The largest absolute Gasteiger partial charge is 0.339 e. The lowest BCUT2D eigenvalue weighted by Crippen LogP contribution is -2.50. The summed E-state index contributed by atoms with van der Waals surface area (Å²) in [5.41, 5.74) is 1.50. The molecule has 0 spiro atoms. The second-order valence-electron chi connectivity index (χ2n) is 8.71. The van der Waals surface area contributed by atoms with E-state index in [2.05, 4.69) is 16.7 Å². The Morgan fingerprint density at radius 2 is 2.06 bits per heavy atom. The van der Waals surface area contributed by atoms with Gasteiger partial charge in [0, 0.05) is 35.3 Å². The molecule has 1 aliphatic carbocycles. The summed E-state index contributed by atoms with van der Waals surface area (Å²) in [7, 11) is 1.73. The highest BCUT2D eigenvalue weighted by Gasteiger charge is 2.43. The second kappa shape index (κ2) is 7.67. The number of nitrogens with one attached hydrogen (secondary N) is 2. The summed E-state index contributed by atoms with van der Waals surface area (Å²) in [6.45, 7) is 0. The predicted octanol–water partition coefficient (Wildman–Crippen LogP) is 3.04. The van der Waals surface area contributed by atoms with E-state index in [1.165, 1.54) is 0 Å². The van der Waals surface area contributed by atoms with Gasteiger partial charge in [-0.05, 0) is 54.3 Å². The third-order valence-electron chi connectivity index (χ3n) is 6.78. The van der Waals surface area contributed by atoms with Crippen LogP contribution in [0.5, 0.6) is 0 Å². The molecule has 1 aromatic heterocycles. The van der Waals surface area contributed by atoms with Gasteiger partial charge in [-0.3, -0.25) is 9.59 Å². The highest BCUT2D eigenvalue weighted by molar-refractivity contribution is 6.31. The fourth-order valence-electron chi connectivity index (χ4n) is 5.21. The minimum absolute atomic E-state index is 0.0988. The van der Waals surface area contributed by atoms with E-state index in [1.54, 1.807) is 17.7 Å². The number of halogens is 1. The van der Waals surface area contributed by atoms with Gasteiger partial charge in [-0.1, -0.05) is 29.8 Å². The number of fused-ring (bicyclic) bond motifs is 5. The number of rotatable bonds is 4. The maximum absolute atomic E-state index is 13.0. The van der Waals surface area contributed by atoms with Crippen molar-refractivity contribution in [3.05, 3.63) is 57.3 Å². The summed E-state index contributed by atoms with van der Waals surface area (Å²) in [6.07, 6.45) is 3.59. The molecule has 5 rings (SSSR count). The van der Waals surface area contributed by atoms with E-state index in [4.69, 9.17) is 11.6 Å². The first-order valence-electron chi connectivity index (χ1n) is 10.6. The molecule has 1 aliphatic heterocycles. The van der Waals surface area contributed by atoms with E-state index in [-0.39, 0.29) is 17.5 Å². The Hall–Kier alpha value is -2.88. The number of nitriles is 1. The van der Waals surface area contributed by atoms with Crippen LogP contribution in [0.3, 0.4) is 0 Å². The van der Waals surface area contributed by atoms with E-state index in [0.717, 1.165) is 41.1 Å². The molecule has 4 atom stereocenters. The number of nitrogens with zero attached hydrogens (tertiary/aromatic N) is 2. The predicted molar refractivity (Wildman–Crippen MR) is 121 cm³/mol. The van der Waals surface area contributed by atoms with Crippen molar-refractivity contribution in [2.24, 2.45) is 13.0 Å². The van der Waals surface area contributed by atoms with Crippen molar-refractivity contribution in [1.29, 1.82) is 5.26 Å². The molecule has 2 N–H and O–H groups in total. The zero-order valence-electron chi connectivity index (χ0n) is 17.2. The number of piperidine rings is 1. The minimum Gasteiger partial charge on any atom is -0.339 e. The van der Waals surface area contributed by atoms with Crippen LogP contribution in [-0.2, 0) is 18.3 Å². The number of carbonyl (C=O) groups is 1. The number of aryl methyl sites for hydroxylation is 1. The number of benzene rings is 2. The lowest BCUT2D eigenvalue weighted by Gasteiger charge is -2.23. The smallest absolute Gasteiger partial charge is 0.258 e. The van der Waals surface area contributed by atoms with Gasteiger partial charge in [0.1, 0.15) is 6.04 Å². The zero-order chi connectivity index (χ0) is 21.7. The number of amides is 1. The summed E-state index contributed by atoms with van der Waals surface area (Å²) in [5, 5.41) is 18.8. The van der Waals surface area contributed by atoms with Crippen molar-refractivity contribution < 1.29 is 4.79 Å². The average Bonchev–Trinajstić information content (AvgIpc) is 3.41. The van der Waals surface area contributed by atoms with Crippen LogP contribution >= 0.6 is 11.6 Å². The second-order valence-corrected chi connectivity index (χ2v) is 9.15. The summed E-state index contributed by atoms with van der Waals surface area (Å²) < 4.78 is 1.59. The Labute approximate surface area is 184 Å². The van der Waals surface area contributed by atoms with Crippen LogP contribution in [0.15, 0.2) is 41.2 Å². The Bertz CT molecular complexity index is 1310. The Kier molecular flexibility index (Phi) is 4.96. The Balaban J connectivity index is 1.42. The molecule has 1 saturated heterocycles. The standard InChI is InChI=1S/C24H23ClN4O2/c1-29-21-11-15(25)4-7-19(21)18-6-2-13(9-20(18)24(29)31)8-17(12-26)28-23(30)22-14-3-5-16(10-14)27-22/h2,4,6-7,9,11,14,16-17,22,27H,3,5,8,10H2,1H3,(H,28,30)/t14-,16+,17?,22-/m0/s1. The highest BCUT2D eigenvalue weighted by Crippen LogP contribution is 2.35. The molecule has 1 amide bonds. The minimum atomic E-state index is -0.644. The van der Waals surface area contributed by atoms with Crippen LogP contribution in [0.25, 0.3) is 21.7 Å². The average molecular weight is 435 g/mol. The molecular formula is C24H23ClN4O2. The van der Waals surface area contributed by atoms with Gasteiger partial charge in [0.05, 0.1) is 17.6 Å². The van der Waals surface area contributed by atoms with E-state index in [9.17, 15) is 14.9 Å². The molecule has 31 heavy (non-hydrogen) atoms. The maximum atomic E-state index is 13.0. The van der Waals surface area contributed by atoms with Gasteiger partial charge < -0.3 is 15.2 Å². The number of carbonyl (C=O) groups excluding carboxylic acids is 1. The van der Waals surface area contributed by atoms with Crippen molar-refractivity contribution >= 4 is 39.2 Å². The van der Waals surface area contributed by atoms with Crippen molar-refractivity contribution in [2.45, 2.75) is 43.8 Å². The number of hydrogen-bond donors (Lipinski definition) is 2. The molecule has 1 unspecified atom stereocenters. The summed E-state index contributed by atoms with van der Waals surface area (Å²) in [5.74, 6) is 0.271. The first kappa shape index (κ1) is 20.0. The van der Waals surface area contributed by atoms with Crippen LogP contribution in [0.4, 0.5) is 0 Å². The molecule has 6 nitrogen and oxygen atoms in total. The first-order valence-corrected chi connectivity index (χ1v) is 11.0. The number of aromatic nitrogens is 1. The fraction of sp³-hybridized carbons (Fsp3) is 0.375. The van der Waals surface area contributed by atoms with Gasteiger partial charge in [0.15, 0.2) is 0 Å². The van der Waals surface area contributed by atoms with Crippen LogP contribution in [0, 0.1) is 17.2 Å². The Morgan fingerprint density at radius 1 is 1.26 bits per heavy atom. The zero-order valence-corrected chi connectivity index (χ0v) is 17.9. The SMILES string of the molecule is Cn1c(=O)c2cc(CC(C#N)NC(=O)[C@H]3N[C@@H]4CC[C@H]3C4)ccc2c2ccc(Cl)cc21. The molecule has 2 aliphatic rings. The number of pyridine rings is 1. The molecule has 2 heterocycles. The first-order chi connectivity index (χ1) is 14.9. The lowest BCUT2D eigenvalue weighted by molar-refractivity contribution is -0.124. The summed E-state index contributed by atoms with van der Waals surface area (Å²) in [6, 6.07) is 13.0. The third-order valence-corrected chi connectivity index (χ3v) is 7.02. The van der Waals surface area contributed by atoms with E-state index in [0.29, 0.717) is 28.8 Å². The van der Waals surface area contributed by atoms with Gasteiger partial charge in [-0.2, -0.15) is 5.26 Å². The van der Waals surface area contributed by atoms with Crippen molar-refractivity contribution in [2.75, 3.05) is 0 Å². The Morgan fingerprint density at radius 3 is 2.77 bits per heavy atom. The molecule has 2 bridgehead atoms. The molecular weight excluding hydrogens is 412 g/mol. The fourth-order valence-corrected chi connectivity index (χ4v) is 5.37. The van der Waals surface area contributed by atoms with Gasteiger partial charge in [0.2, 0.25) is 5.91 Å². The van der Waals surface area contributed by atoms with Gasteiger partial charge in [0.25, 0.3) is 5.56 Å². The van der Waals surface area contributed by atoms with Crippen molar-refractivity contribution in [1.82, 2.24) is 15.2 Å². The maximum Gasteiger partial charge on any atom is 0.258 e. The topological polar surface area (TPSA) is 86.9 Å². The summed E-state index contributed by atoms with van der Waals surface area (Å²) >= 11 is 6.12. The molecule has 0 radical (unpaired) electrons. The van der Waals surface area contributed by atoms with Gasteiger partial charge >= 0.3 is 0 Å². The quantitative estimate of drug-likeness (QED) is 0.618. The molecule has 158 valence electrons. The number of hydrogen-bond acceptors (Lipinski definition) is 4. The van der Waals surface area contributed by atoms with Crippen molar-refractivity contribution in [3.63, 3.8) is 0 Å². The normalized spacial score (nSPS) is 23.2. The van der Waals surface area contributed by atoms with E-state index >= 15 is 0 Å². The van der Waals surface area contributed by atoms with Crippen molar-refractivity contribution in [3.8, 4) is 6.07 Å². The van der Waals surface area contributed by atoms with E-state index < -0.39 is 6.04 Å². The molecule has 7 heteroatoms. The van der Waals surface area contributed by atoms with Crippen LogP contribution in [0.1, 0.15) is 24.8 Å². The van der Waals surface area contributed by atoms with Gasteiger partial charge in [-0.25, -0.2) is 0 Å².